The standard InChI is InChI=1S/C22H24N2O/c1-25-22-10-6-5-9-21(22)18-24(17-20-11-14-23-15-12-20)16-13-19-7-3-2-4-8-19/h2-12,14-15H,13,16-18H2,1H3. The molecule has 2 aromatic carbocycles. The van der Waals surface area contributed by atoms with Gasteiger partial charge in [0.15, 0.2) is 0 Å². The Morgan fingerprint density at radius 1 is 0.800 bits per heavy atom. The van der Waals surface area contributed by atoms with Crippen molar-refractivity contribution in [2.45, 2.75) is 19.5 Å². The molecule has 3 nitrogen and oxygen atoms in total. The van der Waals surface area contributed by atoms with Crippen LogP contribution in [0.25, 0.3) is 0 Å². The molecule has 0 atom stereocenters. The lowest BCUT2D eigenvalue weighted by Gasteiger charge is -2.23. The lowest BCUT2D eigenvalue weighted by molar-refractivity contribution is 0.255. The van der Waals surface area contributed by atoms with Gasteiger partial charge in [-0.25, -0.2) is 0 Å². The number of nitrogens with zero attached hydrogens (tertiary/aromatic N) is 2. The summed E-state index contributed by atoms with van der Waals surface area (Å²) in [4.78, 5) is 6.58. The molecule has 3 heteroatoms. The molecule has 128 valence electrons. The summed E-state index contributed by atoms with van der Waals surface area (Å²) in [5, 5.41) is 0. The third-order valence-electron chi connectivity index (χ3n) is 4.30. The fourth-order valence-corrected chi connectivity index (χ4v) is 2.97. The number of benzene rings is 2. The number of aromatic nitrogens is 1. The maximum Gasteiger partial charge on any atom is 0.123 e. The molecule has 0 amide bonds. The molecular weight excluding hydrogens is 308 g/mol. The number of hydrogen-bond donors (Lipinski definition) is 0. The minimum Gasteiger partial charge on any atom is -0.496 e. The maximum atomic E-state index is 5.52. The van der Waals surface area contributed by atoms with Gasteiger partial charge in [0.2, 0.25) is 0 Å². The van der Waals surface area contributed by atoms with Gasteiger partial charge in [-0.1, -0.05) is 48.5 Å². The molecule has 0 aliphatic heterocycles. The van der Waals surface area contributed by atoms with Gasteiger partial charge in [-0.3, -0.25) is 9.88 Å². The van der Waals surface area contributed by atoms with E-state index in [1.807, 2.05) is 24.5 Å². The number of rotatable bonds is 8. The Morgan fingerprint density at radius 2 is 1.52 bits per heavy atom. The second kappa shape index (κ2) is 9.00. The predicted octanol–water partition coefficient (Wildman–Crippen LogP) is 4.34. The Labute approximate surface area is 149 Å². The van der Waals surface area contributed by atoms with Crippen molar-refractivity contribution in [1.29, 1.82) is 0 Å². The fourth-order valence-electron chi connectivity index (χ4n) is 2.97. The van der Waals surface area contributed by atoms with E-state index in [4.69, 9.17) is 4.74 Å². The molecule has 0 radical (unpaired) electrons. The summed E-state index contributed by atoms with van der Waals surface area (Å²) in [6.45, 7) is 2.75. The summed E-state index contributed by atoms with van der Waals surface area (Å²) in [5.74, 6) is 0.946. The zero-order valence-electron chi connectivity index (χ0n) is 14.6. The van der Waals surface area contributed by atoms with Crippen LogP contribution < -0.4 is 4.74 Å². The van der Waals surface area contributed by atoms with E-state index < -0.39 is 0 Å². The zero-order chi connectivity index (χ0) is 17.3. The van der Waals surface area contributed by atoms with E-state index in [0.29, 0.717) is 0 Å². The smallest absolute Gasteiger partial charge is 0.123 e. The Morgan fingerprint density at radius 3 is 2.28 bits per heavy atom. The SMILES string of the molecule is COc1ccccc1CN(CCc1ccccc1)Cc1ccncc1. The van der Waals surface area contributed by atoms with E-state index in [1.165, 1.54) is 16.7 Å². The molecule has 0 bridgehead atoms. The molecule has 3 aromatic rings. The Kier molecular flexibility index (Phi) is 6.18. The second-order valence-corrected chi connectivity index (χ2v) is 6.11. The molecule has 0 aliphatic carbocycles. The van der Waals surface area contributed by atoms with Crippen LogP contribution in [0.1, 0.15) is 16.7 Å². The summed E-state index contributed by atoms with van der Waals surface area (Å²) in [6.07, 6.45) is 4.74. The van der Waals surface area contributed by atoms with E-state index in [9.17, 15) is 0 Å². The highest BCUT2D eigenvalue weighted by atomic mass is 16.5. The van der Waals surface area contributed by atoms with E-state index in [0.717, 1.165) is 31.8 Å². The van der Waals surface area contributed by atoms with Crippen LogP contribution in [0.2, 0.25) is 0 Å². The van der Waals surface area contributed by atoms with Crippen LogP contribution in [0.15, 0.2) is 79.1 Å². The summed E-state index contributed by atoms with van der Waals surface area (Å²) >= 11 is 0. The first-order valence-electron chi connectivity index (χ1n) is 8.62. The van der Waals surface area contributed by atoms with Gasteiger partial charge in [-0.15, -0.1) is 0 Å². The minimum absolute atomic E-state index is 0.860. The van der Waals surface area contributed by atoms with Crippen LogP contribution in [-0.4, -0.2) is 23.5 Å². The number of methoxy groups -OCH3 is 1. The van der Waals surface area contributed by atoms with Crippen molar-refractivity contribution < 1.29 is 4.74 Å². The molecule has 0 spiro atoms. The van der Waals surface area contributed by atoms with Gasteiger partial charge in [0.25, 0.3) is 0 Å². The van der Waals surface area contributed by atoms with E-state index in [1.54, 1.807) is 7.11 Å². The number of ether oxygens (including phenoxy) is 1. The van der Waals surface area contributed by atoms with E-state index in [-0.39, 0.29) is 0 Å². The Balaban J connectivity index is 1.73. The normalized spacial score (nSPS) is 10.8. The van der Waals surface area contributed by atoms with Crippen molar-refractivity contribution in [3.63, 3.8) is 0 Å². The zero-order valence-corrected chi connectivity index (χ0v) is 14.6. The van der Waals surface area contributed by atoms with Gasteiger partial charge in [0, 0.05) is 37.6 Å². The summed E-state index contributed by atoms with van der Waals surface area (Å²) < 4.78 is 5.52. The predicted molar refractivity (Wildman–Crippen MR) is 101 cm³/mol. The summed E-state index contributed by atoms with van der Waals surface area (Å²) in [7, 11) is 1.73. The molecular formula is C22H24N2O. The molecule has 3 rings (SSSR count). The number of pyridine rings is 1. The lowest BCUT2D eigenvalue weighted by Crippen LogP contribution is -2.25. The van der Waals surface area contributed by atoms with Crippen LogP contribution in [-0.2, 0) is 19.5 Å². The number of hydrogen-bond acceptors (Lipinski definition) is 3. The largest absolute Gasteiger partial charge is 0.496 e. The summed E-state index contributed by atoms with van der Waals surface area (Å²) in [5.41, 5.74) is 3.85. The maximum absolute atomic E-state index is 5.52. The first kappa shape index (κ1) is 17.2. The van der Waals surface area contributed by atoms with Gasteiger partial charge in [0.1, 0.15) is 5.75 Å². The van der Waals surface area contributed by atoms with Crippen molar-refractivity contribution >= 4 is 0 Å². The molecule has 0 unspecified atom stereocenters. The van der Waals surface area contributed by atoms with Crippen molar-refractivity contribution in [1.82, 2.24) is 9.88 Å². The van der Waals surface area contributed by atoms with Gasteiger partial charge in [-0.05, 0) is 35.7 Å². The fraction of sp³-hybridized carbons (Fsp3) is 0.227. The van der Waals surface area contributed by atoms with Crippen LogP contribution in [0.5, 0.6) is 5.75 Å². The number of para-hydroxylation sites is 1. The average molecular weight is 332 g/mol. The van der Waals surface area contributed by atoms with Crippen LogP contribution in [0, 0.1) is 0 Å². The molecule has 25 heavy (non-hydrogen) atoms. The van der Waals surface area contributed by atoms with Crippen LogP contribution in [0.3, 0.4) is 0 Å². The molecule has 0 saturated heterocycles. The minimum atomic E-state index is 0.860. The highest BCUT2D eigenvalue weighted by Crippen LogP contribution is 2.20. The molecule has 0 saturated carbocycles. The monoisotopic (exact) mass is 332 g/mol. The Hall–Kier alpha value is -2.65. The molecule has 0 N–H and O–H groups in total. The molecule has 0 aliphatic rings. The third kappa shape index (κ3) is 5.16. The summed E-state index contributed by atoms with van der Waals surface area (Å²) in [6, 6.07) is 23.0. The van der Waals surface area contributed by atoms with Gasteiger partial charge in [0.05, 0.1) is 7.11 Å². The lowest BCUT2D eigenvalue weighted by atomic mass is 10.1. The van der Waals surface area contributed by atoms with Crippen molar-refractivity contribution in [2.24, 2.45) is 0 Å². The highest BCUT2D eigenvalue weighted by Gasteiger charge is 2.11. The van der Waals surface area contributed by atoms with Gasteiger partial charge in [-0.2, -0.15) is 0 Å². The van der Waals surface area contributed by atoms with Gasteiger partial charge >= 0.3 is 0 Å². The van der Waals surface area contributed by atoms with E-state index in [2.05, 4.69) is 64.5 Å². The van der Waals surface area contributed by atoms with Crippen molar-refractivity contribution in [3.8, 4) is 5.75 Å². The molecule has 0 fully saturated rings. The average Bonchev–Trinajstić information content (AvgIpc) is 2.68. The Bertz CT molecular complexity index is 759. The quantitative estimate of drug-likeness (QED) is 0.614. The second-order valence-electron chi connectivity index (χ2n) is 6.11. The van der Waals surface area contributed by atoms with Crippen molar-refractivity contribution in [2.75, 3.05) is 13.7 Å². The molecule has 1 heterocycles. The van der Waals surface area contributed by atoms with E-state index >= 15 is 0 Å². The van der Waals surface area contributed by atoms with Gasteiger partial charge < -0.3 is 4.74 Å². The first-order valence-corrected chi connectivity index (χ1v) is 8.62. The first-order chi connectivity index (χ1) is 12.3. The molecule has 1 aromatic heterocycles. The topological polar surface area (TPSA) is 25.4 Å². The highest BCUT2D eigenvalue weighted by molar-refractivity contribution is 5.33. The van der Waals surface area contributed by atoms with Crippen LogP contribution >= 0.6 is 0 Å². The third-order valence-corrected chi connectivity index (χ3v) is 4.30. The van der Waals surface area contributed by atoms with Crippen molar-refractivity contribution in [3.05, 3.63) is 95.8 Å². The van der Waals surface area contributed by atoms with Crippen LogP contribution in [0.4, 0.5) is 0 Å².